The van der Waals surface area contributed by atoms with Crippen molar-refractivity contribution in [3.8, 4) is 0 Å². The number of H-pyrrole nitrogens is 1. The van der Waals surface area contributed by atoms with Gasteiger partial charge in [0.2, 0.25) is 5.16 Å². The van der Waals surface area contributed by atoms with Gasteiger partial charge in [-0.15, -0.1) is 16.9 Å². The zero-order chi connectivity index (χ0) is 17.5. The molecule has 9 nitrogen and oxygen atoms in total. The van der Waals surface area contributed by atoms with E-state index in [1.807, 2.05) is 0 Å². The Morgan fingerprint density at radius 2 is 2.21 bits per heavy atom. The first-order valence-corrected chi connectivity index (χ1v) is 9.12. The van der Waals surface area contributed by atoms with Crippen LogP contribution < -0.4 is 0 Å². The number of aromatic nitrogens is 4. The van der Waals surface area contributed by atoms with Gasteiger partial charge in [0, 0.05) is 11.5 Å². The molecule has 0 unspecified atom stereocenters. The molecule has 24 heavy (non-hydrogen) atoms. The van der Waals surface area contributed by atoms with Crippen LogP contribution in [0.5, 0.6) is 0 Å². The molecule has 128 valence electrons. The van der Waals surface area contributed by atoms with Gasteiger partial charge in [0.1, 0.15) is 11.3 Å². The average Bonchev–Trinajstić information content (AvgIpc) is 3.02. The van der Waals surface area contributed by atoms with E-state index in [2.05, 4.69) is 20.6 Å². The van der Waals surface area contributed by atoms with Crippen LogP contribution in [0.2, 0.25) is 0 Å². The van der Waals surface area contributed by atoms with Crippen LogP contribution in [0, 0.1) is 0 Å². The van der Waals surface area contributed by atoms with E-state index in [0.29, 0.717) is 22.2 Å². The van der Waals surface area contributed by atoms with Crippen molar-refractivity contribution in [3.63, 3.8) is 0 Å². The highest BCUT2D eigenvalue weighted by molar-refractivity contribution is 8.01. The van der Waals surface area contributed by atoms with E-state index in [0.717, 1.165) is 0 Å². The lowest BCUT2D eigenvalue weighted by atomic mass is 10.1. The second kappa shape index (κ2) is 6.20. The maximum atomic E-state index is 12.6. The van der Waals surface area contributed by atoms with Crippen molar-refractivity contribution in [2.24, 2.45) is 0 Å². The third kappa shape index (κ3) is 3.18. The molecule has 0 radical (unpaired) electrons. The molecular formula is C13H15N5O4S2. The molecule has 3 heterocycles. The van der Waals surface area contributed by atoms with Gasteiger partial charge < -0.3 is 4.74 Å². The number of nitrogens with zero attached hydrogens (tertiary/aromatic N) is 4. The average molecular weight is 369 g/mol. The van der Waals surface area contributed by atoms with Crippen molar-refractivity contribution in [1.82, 2.24) is 25.5 Å². The topological polar surface area (TPSA) is 118 Å². The van der Waals surface area contributed by atoms with E-state index in [1.54, 1.807) is 20.8 Å². The van der Waals surface area contributed by atoms with Crippen molar-refractivity contribution >= 4 is 41.2 Å². The fourth-order valence-electron chi connectivity index (χ4n) is 2.22. The van der Waals surface area contributed by atoms with Crippen molar-refractivity contribution in [2.45, 2.75) is 36.9 Å². The lowest BCUT2D eigenvalue weighted by Crippen LogP contribution is -2.62. The molecule has 1 saturated heterocycles. The maximum absolute atomic E-state index is 12.6. The van der Waals surface area contributed by atoms with Gasteiger partial charge in [-0.2, -0.15) is 0 Å². The Kier molecular flexibility index (Phi) is 4.38. The van der Waals surface area contributed by atoms with Gasteiger partial charge in [-0.25, -0.2) is 9.89 Å². The number of ether oxygens (including phenoxy) is 1. The van der Waals surface area contributed by atoms with E-state index in [9.17, 15) is 14.4 Å². The summed E-state index contributed by atoms with van der Waals surface area (Å²) in [6, 6.07) is 0. The zero-order valence-electron chi connectivity index (χ0n) is 13.2. The number of hydrogen-bond donors (Lipinski definition) is 1. The van der Waals surface area contributed by atoms with Crippen molar-refractivity contribution in [1.29, 1.82) is 0 Å². The molecule has 3 rings (SSSR count). The summed E-state index contributed by atoms with van der Waals surface area (Å²) in [5.74, 6) is -0.879. The van der Waals surface area contributed by atoms with Gasteiger partial charge >= 0.3 is 5.97 Å². The van der Waals surface area contributed by atoms with Gasteiger partial charge in [0.05, 0.1) is 0 Å². The summed E-state index contributed by atoms with van der Waals surface area (Å²) in [6.45, 7) is 5.24. The third-order valence-electron chi connectivity index (χ3n) is 3.18. The minimum absolute atomic E-state index is 0.165. The molecular weight excluding hydrogens is 354 g/mol. The number of nitrogens with one attached hydrogen (secondary N) is 1. The van der Waals surface area contributed by atoms with Crippen LogP contribution in [0.25, 0.3) is 0 Å². The lowest BCUT2D eigenvalue weighted by Gasteiger charge is -2.43. The fraction of sp³-hybridized carbons (Fsp3) is 0.538. The summed E-state index contributed by atoms with van der Waals surface area (Å²) in [6.07, 6.45) is 0. The summed E-state index contributed by atoms with van der Waals surface area (Å²) in [7, 11) is 0. The van der Waals surface area contributed by atoms with Crippen LogP contribution in [0.1, 0.15) is 20.8 Å². The molecule has 0 saturated carbocycles. The number of Topliss-reactive ketones (excluding diaryl/α,β-unsaturated/α-hetero) is 1. The second-order valence-electron chi connectivity index (χ2n) is 6.15. The number of β-lactam (4-membered cyclic amide) rings is 1. The molecule has 0 aliphatic carbocycles. The predicted octanol–water partition coefficient (Wildman–Crippen LogP) is 0.372. The SMILES string of the molecule is CC(C)(C)OC(=O)C1=C(CSc2nnn[nH]2)CS[C@@H]2C(=O)C(=O)N12. The van der Waals surface area contributed by atoms with E-state index in [1.165, 1.54) is 28.4 Å². The quantitative estimate of drug-likeness (QED) is 0.347. The van der Waals surface area contributed by atoms with Crippen LogP contribution in [-0.2, 0) is 19.1 Å². The van der Waals surface area contributed by atoms with Crippen molar-refractivity contribution in [3.05, 3.63) is 11.3 Å². The molecule has 0 bridgehead atoms. The minimum Gasteiger partial charge on any atom is -0.455 e. The zero-order valence-corrected chi connectivity index (χ0v) is 14.9. The molecule has 1 fully saturated rings. The Balaban J connectivity index is 1.87. The van der Waals surface area contributed by atoms with Gasteiger partial charge in [0.15, 0.2) is 5.37 Å². The van der Waals surface area contributed by atoms with Crippen LogP contribution in [0.3, 0.4) is 0 Å². The van der Waals surface area contributed by atoms with E-state index < -0.39 is 28.6 Å². The summed E-state index contributed by atoms with van der Waals surface area (Å²) in [4.78, 5) is 37.4. The first-order valence-electron chi connectivity index (χ1n) is 7.09. The number of aromatic amines is 1. The molecule has 1 atom stereocenters. The molecule has 2 aliphatic rings. The number of hydrogen-bond acceptors (Lipinski definition) is 9. The van der Waals surface area contributed by atoms with E-state index in [-0.39, 0.29) is 5.70 Å². The molecule has 1 aromatic heterocycles. The van der Waals surface area contributed by atoms with Crippen LogP contribution in [0.4, 0.5) is 0 Å². The molecule has 0 aromatic carbocycles. The Labute approximate surface area is 145 Å². The molecule has 1 aromatic rings. The van der Waals surface area contributed by atoms with Gasteiger partial charge in [0.25, 0.3) is 11.7 Å². The predicted molar refractivity (Wildman–Crippen MR) is 85.9 cm³/mol. The van der Waals surface area contributed by atoms with Crippen LogP contribution >= 0.6 is 23.5 Å². The van der Waals surface area contributed by atoms with E-state index in [4.69, 9.17) is 4.74 Å². The first-order chi connectivity index (χ1) is 11.3. The fourth-order valence-corrected chi connectivity index (χ4v) is 4.29. The van der Waals surface area contributed by atoms with E-state index >= 15 is 0 Å². The smallest absolute Gasteiger partial charge is 0.355 e. The molecule has 1 N–H and O–H groups in total. The molecule has 2 aliphatic heterocycles. The van der Waals surface area contributed by atoms with Crippen LogP contribution in [0.15, 0.2) is 16.4 Å². The summed E-state index contributed by atoms with van der Waals surface area (Å²) >= 11 is 2.63. The van der Waals surface area contributed by atoms with Crippen molar-refractivity contribution in [2.75, 3.05) is 11.5 Å². The van der Waals surface area contributed by atoms with Gasteiger partial charge in [-0.1, -0.05) is 11.8 Å². The highest BCUT2D eigenvalue weighted by Crippen LogP contribution is 2.39. The Morgan fingerprint density at radius 3 is 2.83 bits per heavy atom. The molecule has 1 amide bonds. The Hall–Kier alpha value is -1.88. The summed E-state index contributed by atoms with van der Waals surface area (Å²) in [5.41, 5.74) is 0.181. The largest absolute Gasteiger partial charge is 0.455 e. The molecule has 0 spiro atoms. The number of fused-ring (bicyclic) bond motifs is 1. The van der Waals surface area contributed by atoms with Gasteiger partial charge in [-0.3, -0.25) is 14.5 Å². The number of thioether (sulfide) groups is 2. The van der Waals surface area contributed by atoms with Gasteiger partial charge in [-0.05, 0) is 36.8 Å². The molecule has 11 heteroatoms. The van der Waals surface area contributed by atoms with Crippen molar-refractivity contribution < 1.29 is 19.1 Å². The lowest BCUT2D eigenvalue weighted by molar-refractivity contribution is -0.161. The standard InChI is InChI=1S/C13H15N5O4S2/c1-13(2,3)22-11(21)7-6(5-24-12-14-16-17-15-12)4-23-10-8(19)9(20)18(7)10/h10H,4-5H2,1-3H3,(H,14,15,16,17)/t10-/m1/s1. The first kappa shape index (κ1) is 17.0. The number of rotatable bonds is 4. The minimum atomic E-state index is -0.699. The monoisotopic (exact) mass is 369 g/mol. The number of tetrazole rings is 1. The number of esters is 1. The Bertz CT molecular complexity index is 725. The number of carbonyl (C=O) groups is 3. The third-order valence-corrected chi connectivity index (χ3v) is 5.38. The summed E-state index contributed by atoms with van der Waals surface area (Å²) < 4.78 is 5.41. The number of ketones is 1. The summed E-state index contributed by atoms with van der Waals surface area (Å²) in [5, 5.41) is 13.2. The second-order valence-corrected chi connectivity index (χ2v) is 8.18. The number of carbonyl (C=O) groups excluding carboxylic acids is 3. The maximum Gasteiger partial charge on any atom is 0.355 e. The number of amides is 1. The normalized spacial score (nSPS) is 20.8. The highest BCUT2D eigenvalue weighted by atomic mass is 32.2. The highest BCUT2D eigenvalue weighted by Gasteiger charge is 2.53. The Morgan fingerprint density at radius 1 is 1.46 bits per heavy atom. The van der Waals surface area contributed by atoms with Crippen LogP contribution in [-0.4, -0.2) is 65.7 Å².